The average Bonchev–Trinajstić information content (AvgIpc) is 2.30. The Morgan fingerprint density at radius 2 is 2.11 bits per heavy atom. The van der Waals surface area contributed by atoms with Gasteiger partial charge in [0.05, 0.1) is 5.56 Å². The second kappa shape index (κ2) is 5.71. The van der Waals surface area contributed by atoms with E-state index >= 15 is 0 Å². The van der Waals surface area contributed by atoms with Crippen LogP contribution in [0.4, 0.5) is 5.69 Å². The Morgan fingerprint density at radius 3 is 2.56 bits per heavy atom. The molecule has 0 saturated carbocycles. The summed E-state index contributed by atoms with van der Waals surface area (Å²) in [4.78, 5) is 11.4. The lowest BCUT2D eigenvalue weighted by Gasteiger charge is -2.35. The molecule has 0 bridgehead atoms. The summed E-state index contributed by atoms with van der Waals surface area (Å²) in [6, 6.07) is 5.41. The third kappa shape index (κ3) is 3.23. The van der Waals surface area contributed by atoms with Gasteiger partial charge in [-0.25, -0.2) is 0 Å². The second-order valence-corrected chi connectivity index (χ2v) is 5.87. The topological polar surface area (TPSA) is 81.1 Å². The predicted molar refractivity (Wildman–Crippen MR) is 78.6 cm³/mol. The monoisotopic (exact) mass is 313 g/mol. The van der Waals surface area contributed by atoms with E-state index in [1.54, 1.807) is 6.07 Å². The lowest BCUT2D eigenvalue weighted by Crippen LogP contribution is -2.47. The number of carbonyl (C=O) groups excluding carboxylic acids is 1. The number of carbonyl (C=O) groups is 1. The molecule has 0 fully saturated rings. The number of anilines is 1. The van der Waals surface area contributed by atoms with Gasteiger partial charge in [0.2, 0.25) is 0 Å². The van der Waals surface area contributed by atoms with E-state index in [9.17, 15) is 4.79 Å². The van der Waals surface area contributed by atoms with Crippen molar-refractivity contribution in [3.8, 4) is 0 Å². The molecule has 0 aliphatic carbocycles. The fraction of sp³-hybridized carbons (Fsp3) is 0.462. The van der Waals surface area contributed by atoms with Crippen LogP contribution < -0.4 is 16.8 Å². The molecule has 0 aliphatic heterocycles. The van der Waals surface area contributed by atoms with Gasteiger partial charge in [-0.15, -0.1) is 0 Å². The van der Waals surface area contributed by atoms with E-state index in [1.807, 2.05) is 19.1 Å². The van der Waals surface area contributed by atoms with Crippen molar-refractivity contribution in [2.75, 3.05) is 11.9 Å². The van der Waals surface area contributed by atoms with E-state index in [1.165, 1.54) is 0 Å². The van der Waals surface area contributed by atoms with Gasteiger partial charge < -0.3 is 16.8 Å². The summed E-state index contributed by atoms with van der Waals surface area (Å²) in [5.74, 6) is -0.131. The van der Waals surface area contributed by atoms with Crippen LogP contribution in [0, 0.1) is 5.92 Å². The van der Waals surface area contributed by atoms with Crippen LogP contribution in [0.2, 0.25) is 0 Å². The first-order valence-corrected chi connectivity index (χ1v) is 6.67. The molecule has 5 N–H and O–H groups in total. The summed E-state index contributed by atoms with van der Waals surface area (Å²) < 4.78 is 0.820. The number of hydrogen-bond acceptors (Lipinski definition) is 3. The molecule has 4 nitrogen and oxygen atoms in total. The highest BCUT2D eigenvalue weighted by Crippen LogP contribution is 2.26. The Balaban J connectivity index is 3.14. The fourth-order valence-corrected chi connectivity index (χ4v) is 1.93. The van der Waals surface area contributed by atoms with Gasteiger partial charge in [0.15, 0.2) is 0 Å². The number of halogens is 1. The third-order valence-electron chi connectivity index (χ3n) is 3.37. The van der Waals surface area contributed by atoms with Crippen LogP contribution in [0.1, 0.15) is 31.1 Å². The van der Waals surface area contributed by atoms with Crippen LogP contribution in [0.5, 0.6) is 0 Å². The van der Waals surface area contributed by atoms with Crippen LogP contribution in [0.15, 0.2) is 22.7 Å². The first kappa shape index (κ1) is 15.0. The van der Waals surface area contributed by atoms with Gasteiger partial charge in [0, 0.05) is 22.2 Å². The Morgan fingerprint density at radius 1 is 1.50 bits per heavy atom. The molecular formula is C13H20BrN3O. The standard InChI is InChI=1S/C13H20BrN3O/c1-8(2)13(3,7-15)17-11-5-4-9(14)6-10(11)12(16)18/h4-6,8,17H,7,15H2,1-3H3,(H2,16,18). The number of nitrogens with two attached hydrogens (primary N) is 2. The molecule has 0 saturated heterocycles. The molecule has 1 aromatic rings. The van der Waals surface area contributed by atoms with Crippen molar-refractivity contribution >= 4 is 27.5 Å². The first-order chi connectivity index (χ1) is 8.30. The van der Waals surface area contributed by atoms with Crippen molar-refractivity contribution in [2.45, 2.75) is 26.3 Å². The van der Waals surface area contributed by atoms with Gasteiger partial charge in [0.1, 0.15) is 0 Å². The Hall–Kier alpha value is -1.07. The minimum Gasteiger partial charge on any atom is -0.378 e. The van der Waals surface area contributed by atoms with Crippen LogP contribution in [0.3, 0.4) is 0 Å². The number of primary amides is 1. The molecule has 1 amide bonds. The van der Waals surface area contributed by atoms with Crippen molar-refractivity contribution in [3.63, 3.8) is 0 Å². The van der Waals surface area contributed by atoms with Gasteiger partial charge in [0.25, 0.3) is 5.91 Å². The third-order valence-corrected chi connectivity index (χ3v) is 3.86. The summed E-state index contributed by atoms with van der Waals surface area (Å²) in [6.45, 7) is 6.68. The number of nitrogens with one attached hydrogen (secondary N) is 1. The van der Waals surface area contributed by atoms with Crippen molar-refractivity contribution in [1.82, 2.24) is 0 Å². The highest BCUT2D eigenvalue weighted by molar-refractivity contribution is 9.10. The molecule has 5 heteroatoms. The van der Waals surface area contributed by atoms with Gasteiger partial charge in [-0.2, -0.15) is 0 Å². The van der Waals surface area contributed by atoms with E-state index in [0.717, 1.165) is 4.47 Å². The van der Waals surface area contributed by atoms with Crippen molar-refractivity contribution in [2.24, 2.45) is 17.4 Å². The summed E-state index contributed by atoms with van der Waals surface area (Å²) in [5.41, 5.74) is 12.1. The maximum atomic E-state index is 11.4. The molecule has 100 valence electrons. The van der Waals surface area contributed by atoms with E-state index < -0.39 is 5.91 Å². The van der Waals surface area contributed by atoms with Crippen LogP contribution >= 0.6 is 15.9 Å². The Labute approximate surface area is 116 Å². The normalized spacial score (nSPS) is 14.3. The van der Waals surface area contributed by atoms with Crippen LogP contribution in [0.25, 0.3) is 0 Å². The fourth-order valence-electron chi connectivity index (χ4n) is 1.57. The maximum absolute atomic E-state index is 11.4. The van der Waals surface area contributed by atoms with Crippen molar-refractivity contribution in [3.05, 3.63) is 28.2 Å². The van der Waals surface area contributed by atoms with Gasteiger partial charge >= 0.3 is 0 Å². The molecule has 1 atom stereocenters. The lowest BCUT2D eigenvalue weighted by molar-refractivity contribution is 0.100. The molecular weight excluding hydrogens is 294 g/mol. The zero-order chi connectivity index (χ0) is 13.9. The summed E-state index contributed by atoms with van der Waals surface area (Å²) in [7, 11) is 0. The maximum Gasteiger partial charge on any atom is 0.250 e. The number of hydrogen-bond donors (Lipinski definition) is 3. The molecule has 0 spiro atoms. The minimum atomic E-state index is -0.457. The largest absolute Gasteiger partial charge is 0.378 e. The van der Waals surface area contributed by atoms with Crippen molar-refractivity contribution < 1.29 is 4.79 Å². The zero-order valence-electron chi connectivity index (χ0n) is 11.0. The van der Waals surface area contributed by atoms with E-state index in [2.05, 4.69) is 35.1 Å². The summed E-state index contributed by atoms with van der Waals surface area (Å²) in [6.07, 6.45) is 0. The number of rotatable bonds is 5. The number of benzene rings is 1. The predicted octanol–water partition coefficient (Wildman–Crippen LogP) is 2.33. The minimum absolute atomic E-state index is 0.280. The molecule has 1 unspecified atom stereocenters. The quantitative estimate of drug-likeness (QED) is 0.780. The van der Waals surface area contributed by atoms with Crippen molar-refractivity contribution in [1.29, 1.82) is 0 Å². The molecule has 1 aromatic carbocycles. The molecule has 18 heavy (non-hydrogen) atoms. The van der Waals surface area contributed by atoms with E-state index in [0.29, 0.717) is 23.7 Å². The first-order valence-electron chi connectivity index (χ1n) is 5.87. The number of amides is 1. The second-order valence-electron chi connectivity index (χ2n) is 4.96. The molecule has 0 radical (unpaired) electrons. The average molecular weight is 314 g/mol. The molecule has 0 aromatic heterocycles. The summed E-state index contributed by atoms with van der Waals surface area (Å²) in [5, 5.41) is 3.34. The molecule has 0 aliphatic rings. The zero-order valence-corrected chi connectivity index (χ0v) is 12.5. The van der Waals surface area contributed by atoms with Gasteiger partial charge in [-0.3, -0.25) is 4.79 Å². The highest BCUT2D eigenvalue weighted by Gasteiger charge is 2.27. The van der Waals surface area contributed by atoms with E-state index in [-0.39, 0.29) is 5.54 Å². The SMILES string of the molecule is CC(C)C(C)(CN)Nc1ccc(Br)cc1C(N)=O. The highest BCUT2D eigenvalue weighted by atomic mass is 79.9. The molecule has 0 heterocycles. The molecule has 1 rings (SSSR count). The smallest absolute Gasteiger partial charge is 0.250 e. The van der Waals surface area contributed by atoms with Crippen LogP contribution in [-0.2, 0) is 0 Å². The van der Waals surface area contributed by atoms with E-state index in [4.69, 9.17) is 11.5 Å². The Kier molecular flexibility index (Phi) is 4.76. The Bertz CT molecular complexity index is 448. The summed E-state index contributed by atoms with van der Waals surface area (Å²) >= 11 is 3.33. The van der Waals surface area contributed by atoms with Gasteiger partial charge in [-0.1, -0.05) is 29.8 Å². The van der Waals surface area contributed by atoms with Crippen LogP contribution in [-0.4, -0.2) is 18.0 Å². The lowest BCUT2D eigenvalue weighted by atomic mass is 9.88. The van der Waals surface area contributed by atoms with Gasteiger partial charge in [-0.05, 0) is 31.0 Å².